The molecule has 19 heavy (non-hydrogen) atoms. The van der Waals surface area contributed by atoms with Crippen LogP contribution in [0.3, 0.4) is 0 Å². The van der Waals surface area contributed by atoms with Crippen molar-refractivity contribution in [3.8, 4) is 0 Å². The fourth-order valence-corrected chi connectivity index (χ4v) is 1.95. The molecule has 0 fully saturated rings. The van der Waals surface area contributed by atoms with E-state index in [0.717, 1.165) is 16.7 Å². The molecule has 100 valence electrons. The van der Waals surface area contributed by atoms with Crippen LogP contribution in [0.25, 0.3) is 0 Å². The Kier molecular flexibility index (Phi) is 6.71. The predicted octanol–water partition coefficient (Wildman–Crippen LogP) is 2.74. The summed E-state index contributed by atoms with van der Waals surface area (Å²) in [5.74, 6) is 0. The van der Waals surface area contributed by atoms with Gasteiger partial charge in [-0.1, -0.05) is 48.0 Å². The van der Waals surface area contributed by atoms with E-state index in [4.69, 9.17) is 0 Å². The fourth-order valence-electron chi connectivity index (χ4n) is 1.31. The smallest absolute Gasteiger partial charge is 0.150 e. The first-order valence-electron chi connectivity index (χ1n) is 5.83. The van der Waals surface area contributed by atoms with Gasteiger partial charge in [-0.3, -0.25) is 4.79 Å². The monoisotopic (exact) mass is 275 g/mol. The minimum atomic E-state index is -1.04. The van der Waals surface area contributed by atoms with Crippen LogP contribution in [0, 0.1) is 6.92 Å². The van der Waals surface area contributed by atoms with Crippen molar-refractivity contribution < 1.29 is 9.00 Å². The third-order valence-electron chi connectivity index (χ3n) is 2.36. The van der Waals surface area contributed by atoms with Gasteiger partial charge in [-0.2, -0.15) is 0 Å². The Morgan fingerprint density at radius 1 is 1.00 bits per heavy atom. The maximum atomic E-state index is 11.0. The second kappa shape index (κ2) is 8.34. The Bertz CT molecular complexity index is 524. The van der Waals surface area contributed by atoms with Crippen molar-refractivity contribution >= 4 is 17.3 Å². The van der Waals surface area contributed by atoms with Crippen molar-refractivity contribution in [2.24, 2.45) is 0 Å². The van der Waals surface area contributed by atoms with Gasteiger partial charge in [0.25, 0.3) is 0 Å². The molecular weight excluding hydrogens is 258 g/mol. The zero-order chi connectivity index (χ0) is 14.1. The largest absolute Gasteiger partial charge is 0.298 e. The van der Waals surface area contributed by atoms with Crippen LogP contribution in [0.15, 0.2) is 59.5 Å². The topological polar surface area (TPSA) is 46.2 Å². The highest BCUT2D eigenvalue weighted by molar-refractivity contribution is 7.83. The van der Waals surface area contributed by atoms with Crippen LogP contribution in [-0.4, -0.2) is 17.5 Å². The molecule has 0 bridgehead atoms. The molecule has 0 radical (unpaired) electrons. The van der Waals surface area contributed by atoms with Crippen LogP contribution in [0.5, 0.6) is 0 Å². The molecule has 1 unspecified atom stereocenters. The van der Waals surface area contributed by atoms with Gasteiger partial charge in [-0.05, 0) is 26.1 Å². The Balaban J connectivity index is 0.000000191. The molecular formula is C15H17NO2S. The summed E-state index contributed by atoms with van der Waals surface area (Å²) in [6.07, 6.45) is 0.847. The van der Waals surface area contributed by atoms with E-state index in [1.165, 1.54) is 5.56 Å². The Morgan fingerprint density at radius 2 is 1.58 bits per heavy atom. The van der Waals surface area contributed by atoms with E-state index in [9.17, 15) is 9.00 Å². The lowest BCUT2D eigenvalue weighted by Crippen LogP contribution is -2.09. The lowest BCUT2D eigenvalue weighted by molar-refractivity contribution is 0.112. The Morgan fingerprint density at radius 3 is 2.05 bits per heavy atom. The predicted molar refractivity (Wildman–Crippen MR) is 78.5 cm³/mol. The molecule has 4 heteroatoms. The van der Waals surface area contributed by atoms with E-state index in [2.05, 4.69) is 4.72 Å². The summed E-state index contributed by atoms with van der Waals surface area (Å²) < 4.78 is 13.7. The van der Waals surface area contributed by atoms with E-state index in [-0.39, 0.29) is 0 Å². The normalized spacial score (nSPS) is 11.1. The highest BCUT2D eigenvalue weighted by atomic mass is 32.2. The molecule has 0 amide bonds. The number of aryl methyl sites for hydroxylation is 1. The molecule has 0 saturated carbocycles. The molecule has 2 rings (SSSR count). The summed E-state index contributed by atoms with van der Waals surface area (Å²) in [6, 6.07) is 16.7. The lowest BCUT2D eigenvalue weighted by Gasteiger charge is -1.96. The lowest BCUT2D eigenvalue weighted by atomic mass is 10.2. The standard InChI is InChI=1S/C8H8O.C7H9NOS/c1-7-2-4-8(6-9)5-3-7;1-8-10(9)7-5-3-2-4-6-7/h2-6H,1H3;2-6,8H,1H3. The summed E-state index contributed by atoms with van der Waals surface area (Å²) >= 11 is 0. The highest BCUT2D eigenvalue weighted by Gasteiger charge is 1.95. The molecule has 0 aliphatic rings. The minimum Gasteiger partial charge on any atom is -0.298 e. The van der Waals surface area contributed by atoms with E-state index >= 15 is 0 Å². The van der Waals surface area contributed by atoms with Crippen LogP contribution in [0.2, 0.25) is 0 Å². The molecule has 0 aliphatic heterocycles. The molecule has 1 atom stereocenters. The van der Waals surface area contributed by atoms with Gasteiger partial charge in [-0.15, -0.1) is 0 Å². The van der Waals surface area contributed by atoms with E-state index < -0.39 is 11.0 Å². The van der Waals surface area contributed by atoms with Crippen molar-refractivity contribution in [3.05, 3.63) is 65.7 Å². The van der Waals surface area contributed by atoms with Crippen molar-refractivity contribution in [2.45, 2.75) is 11.8 Å². The molecule has 0 saturated heterocycles. The van der Waals surface area contributed by atoms with Gasteiger partial charge in [0, 0.05) is 5.56 Å². The summed E-state index contributed by atoms with van der Waals surface area (Å²) in [5.41, 5.74) is 1.92. The van der Waals surface area contributed by atoms with Crippen LogP contribution in [0.1, 0.15) is 15.9 Å². The number of carbonyl (C=O) groups is 1. The second-order valence-corrected chi connectivity index (χ2v) is 5.23. The number of nitrogens with one attached hydrogen (secondary N) is 1. The molecule has 1 N–H and O–H groups in total. The molecule has 2 aromatic carbocycles. The zero-order valence-corrected chi connectivity index (χ0v) is 11.8. The molecule has 3 nitrogen and oxygen atoms in total. The summed E-state index contributed by atoms with van der Waals surface area (Å²) in [6.45, 7) is 1.99. The minimum absolute atomic E-state index is 0.737. The first-order valence-corrected chi connectivity index (χ1v) is 6.98. The van der Waals surface area contributed by atoms with Gasteiger partial charge in [0.05, 0.1) is 4.90 Å². The van der Waals surface area contributed by atoms with Crippen molar-refractivity contribution in [2.75, 3.05) is 7.05 Å². The number of carbonyl (C=O) groups excluding carboxylic acids is 1. The number of rotatable bonds is 3. The Labute approximate surface area is 116 Å². The maximum Gasteiger partial charge on any atom is 0.150 e. The summed E-state index contributed by atoms with van der Waals surface area (Å²) in [7, 11) is 0.629. The molecule has 0 spiro atoms. The van der Waals surface area contributed by atoms with Crippen molar-refractivity contribution in [1.29, 1.82) is 0 Å². The van der Waals surface area contributed by atoms with Crippen LogP contribution in [0.4, 0.5) is 0 Å². The number of benzene rings is 2. The van der Waals surface area contributed by atoms with Crippen LogP contribution >= 0.6 is 0 Å². The third-order valence-corrected chi connectivity index (χ3v) is 3.43. The average molecular weight is 275 g/mol. The van der Waals surface area contributed by atoms with Gasteiger partial charge in [0.2, 0.25) is 0 Å². The van der Waals surface area contributed by atoms with Gasteiger partial charge in [0.1, 0.15) is 17.3 Å². The van der Waals surface area contributed by atoms with Crippen molar-refractivity contribution in [3.63, 3.8) is 0 Å². The maximum absolute atomic E-state index is 11.0. The van der Waals surface area contributed by atoms with E-state index in [1.807, 2.05) is 61.5 Å². The first-order chi connectivity index (χ1) is 9.17. The molecule has 2 aromatic rings. The highest BCUT2D eigenvalue weighted by Crippen LogP contribution is 2.01. The zero-order valence-electron chi connectivity index (χ0n) is 11.0. The molecule has 0 aliphatic carbocycles. The van der Waals surface area contributed by atoms with Crippen LogP contribution < -0.4 is 4.72 Å². The van der Waals surface area contributed by atoms with Gasteiger partial charge in [0.15, 0.2) is 0 Å². The quantitative estimate of drug-likeness (QED) is 0.875. The average Bonchev–Trinajstić information content (AvgIpc) is 2.49. The third kappa shape index (κ3) is 5.59. The second-order valence-electron chi connectivity index (χ2n) is 3.81. The fraction of sp³-hybridized carbons (Fsp3) is 0.133. The van der Waals surface area contributed by atoms with Gasteiger partial charge >= 0.3 is 0 Å². The number of hydrogen-bond donors (Lipinski definition) is 1. The van der Waals surface area contributed by atoms with Gasteiger partial charge < -0.3 is 0 Å². The summed E-state index contributed by atoms with van der Waals surface area (Å²) in [5, 5.41) is 0. The number of aldehydes is 1. The molecule has 0 aromatic heterocycles. The van der Waals surface area contributed by atoms with E-state index in [1.54, 1.807) is 7.05 Å². The SMILES string of the molecule is CNS(=O)c1ccccc1.Cc1ccc(C=O)cc1. The van der Waals surface area contributed by atoms with Crippen molar-refractivity contribution in [1.82, 2.24) is 4.72 Å². The van der Waals surface area contributed by atoms with Crippen LogP contribution in [-0.2, 0) is 11.0 Å². The molecule has 0 heterocycles. The summed E-state index contributed by atoms with van der Waals surface area (Å²) in [4.78, 5) is 10.9. The first kappa shape index (κ1) is 15.3. The number of hydrogen-bond acceptors (Lipinski definition) is 2. The van der Waals surface area contributed by atoms with Gasteiger partial charge in [-0.25, -0.2) is 8.93 Å². The Hall–Kier alpha value is -1.78. The van der Waals surface area contributed by atoms with E-state index in [0.29, 0.717) is 0 Å².